The molecule has 30 heavy (non-hydrogen) atoms. The van der Waals surface area contributed by atoms with Crippen LogP contribution in [0.2, 0.25) is 5.15 Å². The van der Waals surface area contributed by atoms with Crippen LogP contribution in [0.1, 0.15) is 16.1 Å². The van der Waals surface area contributed by atoms with E-state index in [9.17, 15) is 18.0 Å². The molecule has 3 aromatic heterocycles. The maximum absolute atomic E-state index is 13.2. The summed E-state index contributed by atoms with van der Waals surface area (Å²) in [6.45, 7) is -0.950. The monoisotopic (exact) mass is 433 g/mol. The molecule has 4 aromatic rings. The zero-order valence-corrected chi connectivity index (χ0v) is 16.4. The van der Waals surface area contributed by atoms with Gasteiger partial charge in [0.15, 0.2) is 5.15 Å². The molecule has 0 aliphatic heterocycles. The fourth-order valence-corrected chi connectivity index (χ4v) is 3.61. The molecule has 0 saturated carbocycles. The minimum atomic E-state index is -4.46. The number of pyridine rings is 1. The van der Waals surface area contributed by atoms with E-state index in [2.05, 4.69) is 15.0 Å². The Hall–Kier alpha value is -3.20. The van der Waals surface area contributed by atoms with Gasteiger partial charge in [-0.2, -0.15) is 13.2 Å². The number of benzene rings is 1. The van der Waals surface area contributed by atoms with Crippen molar-refractivity contribution in [1.82, 2.24) is 24.4 Å². The number of hydrogen-bond donors (Lipinski definition) is 0. The molecule has 10 heteroatoms. The molecule has 1 aromatic carbocycles. The number of alkyl halides is 3. The van der Waals surface area contributed by atoms with E-state index in [1.165, 1.54) is 29.4 Å². The lowest BCUT2D eigenvalue weighted by molar-refractivity contribution is -0.139. The molecule has 0 radical (unpaired) electrons. The Bertz CT molecular complexity index is 1240. The highest BCUT2D eigenvalue weighted by Crippen LogP contribution is 2.34. The van der Waals surface area contributed by atoms with Crippen molar-refractivity contribution in [2.24, 2.45) is 0 Å². The summed E-state index contributed by atoms with van der Waals surface area (Å²) in [5.74, 6) is -0.292. The standard InChI is InChI=1S/C20H15ClF3N5O/c1-28(9-13-4-2-3-7-25-13)19(30)12-5-6-15-14(8-12)16-17(18(21)27-11-26-16)29(15)10-20(22,23)24/h2-8,11H,9-10H2,1H3. The molecule has 0 fully saturated rings. The number of nitrogens with zero attached hydrogens (tertiary/aromatic N) is 5. The molecule has 0 atom stereocenters. The van der Waals surface area contributed by atoms with Crippen LogP contribution in [0.3, 0.4) is 0 Å². The van der Waals surface area contributed by atoms with Crippen LogP contribution in [0.25, 0.3) is 21.9 Å². The Morgan fingerprint density at radius 2 is 1.97 bits per heavy atom. The van der Waals surface area contributed by atoms with E-state index < -0.39 is 12.7 Å². The summed E-state index contributed by atoms with van der Waals surface area (Å²) >= 11 is 6.08. The van der Waals surface area contributed by atoms with Gasteiger partial charge < -0.3 is 9.47 Å². The van der Waals surface area contributed by atoms with E-state index in [0.717, 1.165) is 10.3 Å². The van der Waals surface area contributed by atoms with Crippen LogP contribution >= 0.6 is 11.6 Å². The topological polar surface area (TPSA) is 63.9 Å². The predicted molar refractivity (Wildman–Crippen MR) is 106 cm³/mol. The third-order valence-corrected chi connectivity index (χ3v) is 4.92. The number of carbonyl (C=O) groups is 1. The van der Waals surface area contributed by atoms with Crippen LogP contribution in [0, 0.1) is 0 Å². The highest BCUT2D eigenvalue weighted by molar-refractivity contribution is 6.34. The van der Waals surface area contributed by atoms with E-state index >= 15 is 0 Å². The molecule has 6 nitrogen and oxygen atoms in total. The van der Waals surface area contributed by atoms with E-state index in [1.807, 2.05) is 6.07 Å². The van der Waals surface area contributed by atoms with E-state index in [4.69, 9.17) is 11.6 Å². The highest BCUT2D eigenvalue weighted by Gasteiger charge is 2.31. The Labute approximate surface area is 173 Å². The molecule has 0 saturated heterocycles. The second kappa shape index (κ2) is 7.56. The summed E-state index contributed by atoms with van der Waals surface area (Å²) in [7, 11) is 1.63. The number of aromatic nitrogens is 4. The Kier molecular flexibility index (Phi) is 5.07. The summed E-state index contributed by atoms with van der Waals surface area (Å²) in [4.78, 5) is 26.5. The van der Waals surface area contributed by atoms with Crippen LogP contribution in [-0.2, 0) is 13.1 Å². The molecule has 1 amide bonds. The number of carbonyl (C=O) groups excluding carboxylic acids is 1. The van der Waals surface area contributed by atoms with Gasteiger partial charge in [-0.25, -0.2) is 9.97 Å². The Morgan fingerprint density at radius 1 is 1.17 bits per heavy atom. The number of halogens is 4. The van der Waals surface area contributed by atoms with Crippen LogP contribution < -0.4 is 0 Å². The number of fused-ring (bicyclic) bond motifs is 3. The van der Waals surface area contributed by atoms with Gasteiger partial charge in [0.2, 0.25) is 0 Å². The molecule has 0 bridgehead atoms. The smallest absolute Gasteiger partial charge is 0.336 e. The lowest BCUT2D eigenvalue weighted by Gasteiger charge is -2.17. The minimum absolute atomic E-state index is 0.0814. The number of rotatable bonds is 4. The van der Waals surface area contributed by atoms with Crippen molar-refractivity contribution in [1.29, 1.82) is 0 Å². The first-order chi connectivity index (χ1) is 14.2. The molecule has 0 aliphatic carbocycles. The molecule has 0 N–H and O–H groups in total. The maximum Gasteiger partial charge on any atom is 0.406 e. The van der Waals surface area contributed by atoms with Crippen LogP contribution in [0.4, 0.5) is 13.2 Å². The van der Waals surface area contributed by atoms with Crippen molar-refractivity contribution in [3.63, 3.8) is 0 Å². The summed E-state index contributed by atoms with van der Waals surface area (Å²) < 4.78 is 40.5. The fraction of sp³-hybridized carbons (Fsp3) is 0.200. The zero-order chi connectivity index (χ0) is 21.5. The third-order valence-electron chi connectivity index (χ3n) is 4.65. The second-order valence-corrected chi connectivity index (χ2v) is 7.14. The summed E-state index contributed by atoms with van der Waals surface area (Å²) in [6, 6.07) is 9.91. The van der Waals surface area contributed by atoms with E-state index in [1.54, 1.807) is 25.4 Å². The van der Waals surface area contributed by atoms with Gasteiger partial charge in [0.05, 0.1) is 17.8 Å². The first-order valence-electron chi connectivity index (χ1n) is 8.89. The lowest BCUT2D eigenvalue weighted by Crippen LogP contribution is -2.26. The average Bonchev–Trinajstić information content (AvgIpc) is 3.01. The van der Waals surface area contributed by atoms with Crippen molar-refractivity contribution in [2.75, 3.05) is 7.05 Å². The van der Waals surface area contributed by atoms with Crippen molar-refractivity contribution in [3.8, 4) is 0 Å². The molecular formula is C20H15ClF3N5O. The van der Waals surface area contributed by atoms with Gasteiger partial charge in [0.1, 0.15) is 23.9 Å². The van der Waals surface area contributed by atoms with Gasteiger partial charge in [-0.05, 0) is 30.3 Å². The van der Waals surface area contributed by atoms with Crippen LogP contribution in [-0.4, -0.2) is 43.6 Å². The van der Waals surface area contributed by atoms with Crippen molar-refractivity contribution >= 4 is 39.4 Å². The molecule has 0 spiro atoms. The van der Waals surface area contributed by atoms with Gasteiger partial charge >= 0.3 is 6.18 Å². The summed E-state index contributed by atoms with van der Waals surface area (Å²) in [5.41, 5.74) is 1.65. The summed E-state index contributed by atoms with van der Waals surface area (Å²) in [5, 5.41) is 0.316. The molecule has 0 unspecified atom stereocenters. The van der Waals surface area contributed by atoms with Gasteiger partial charge in [-0.15, -0.1) is 0 Å². The Balaban J connectivity index is 1.78. The SMILES string of the molecule is CN(Cc1ccccn1)C(=O)c1ccc2c(c1)c1ncnc(Cl)c1n2CC(F)(F)F. The summed E-state index contributed by atoms with van der Waals surface area (Å²) in [6.07, 6.45) is -1.64. The second-order valence-electron chi connectivity index (χ2n) is 6.78. The largest absolute Gasteiger partial charge is 0.406 e. The lowest BCUT2D eigenvalue weighted by atomic mass is 10.1. The van der Waals surface area contributed by atoms with Crippen molar-refractivity contribution in [2.45, 2.75) is 19.3 Å². The molecule has 4 rings (SSSR count). The van der Waals surface area contributed by atoms with Crippen LogP contribution in [0.5, 0.6) is 0 Å². The molecule has 0 aliphatic rings. The van der Waals surface area contributed by atoms with Crippen molar-refractivity contribution in [3.05, 3.63) is 65.3 Å². The normalized spacial score (nSPS) is 11.9. The molecule has 3 heterocycles. The van der Waals surface area contributed by atoms with Crippen molar-refractivity contribution < 1.29 is 18.0 Å². The molecular weight excluding hydrogens is 419 g/mol. The third kappa shape index (κ3) is 3.80. The average molecular weight is 434 g/mol. The number of amides is 1. The van der Waals surface area contributed by atoms with E-state index in [-0.39, 0.29) is 27.6 Å². The zero-order valence-electron chi connectivity index (χ0n) is 15.7. The highest BCUT2D eigenvalue weighted by atomic mass is 35.5. The first-order valence-corrected chi connectivity index (χ1v) is 9.27. The first kappa shape index (κ1) is 20.1. The molecule has 154 valence electrons. The quantitative estimate of drug-likeness (QED) is 0.445. The fourth-order valence-electron chi connectivity index (χ4n) is 3.38. The van der Waals surface area contributed by atoms with Crippen LogP contribution in [0.15, 0.2) is 48.9 Å². The van der Waals surface area contributed by atoms with Gasteiger partial charge in [-0.1, -0.05) is 17.7 Å². The predicted octanol–water partition coefficient (Wildman–Crippen LogP) is 4.47. The van der Waals surface area contributed by atoms with Gasteiger partial charge in [0, 0.05) is 24.2 Å². The van der Waals surface area contributed by atoms with E-state index in [0.29, 0.717) is 17.5 Å². The minimum Gasteiger partial charge on any atom is -0.336 e. The Morgan fingerprint density at radius 3 is 2.67 bits per heavy atom. The maximum atomic E-state index is 13.2. The van der Waals surface area contributed by atoms with Gasteiger partial charge in [-0.3, -0.25) is 9.78 Å². The number of hydrogen-bond acceptors (Lipinski definition) is 4. The van der Waals surface area contributed by atoms with Gasteiger partial charge in [0.25, 0.3) is 5.91 Å².